The molecule has 0 aliphatic heterocycles. The number of fused-ring (bicyclic) bond motifs is 3. The Bertz CT molecular complexity index is 1600. The summed E-state index contributed by atoms with van der Waals surface area (Å²) in [6.45, 7) is 1.78. The summed E-state index contributed by atoms with van der Waals surface area (Å²) in [5, 5.41) is 11.3. The third-order valence-corrected chi connectivity index (χ3v) is 8.60. The molecule has 3 aromatic carbocycles. The first-order valence-corrected chi connectivity index (χ1v) is 13.8. The maximum Gasteiger partial charge on any atom is 0.340 e. The standard InChI is InChI=1S/C24H24N2O7S2/c1-2-3-15-24(23(27)28,25-34(29,30)17-9-5-4-6-10-17)26-35(31,32)18-13-14-22-20(16-18)19-11-7-8-12-21(19)33-22/h4-14,16,25-26H,2-3,15H2,1H3,(H,27,28). The molecule has 0 aliphatic carbocycles. The summed E-state index contributed by atoms with van der Waals surface area (Å²) in [6.07, 6.45) is 0.454. The van der Waals surface area contributed by atoms with Crippen LogP contribution in [0.1, 0.15) is 26.2 Å². The van der Waals surface area contributed by atoms with E-state index in [-0.39, 0.29) is 22.6 Å². The van der Waals surface area contributed by atoms with Gasteiger partial charge in [0.25, 0.3) is 0 Å². The molecule has 184 valence electrons. The second kappa shape index (κ2) is 9.42. The number of furan rings is 1. The van der Waals surface area contributed by atoms with E-state index in [4.69, 9.17) is 4.42 Å². The van der Waals surface area contributed by atoms with E-state index >= 15 is 0 Å². The summed E-state index contributed by atoms with van der Waals surface area (Å²) >= 11 is 0. The van der Waals surface area contributed by atoms with Gasteiger partial charge in [0.05, 0.1) is 9.79 Å². The number of rotatable bonds is 10. The minimum atomic E-state index is -4.49. The lowest BCUT2D eigenvalue weighted by Crippen LogP contribution is -2.65. The molecule has 3 N–H and O–H groups in total. The zero-order chi connectivity index (χ0) is 25.3. The molecule has 9 nitrogen and oxygen atoms in total. The minimum absolute atomic E-state index is 0.187. The number of hydrogen-bond donors (Lipinski definition) is 3. The number of carboxylic acid groups (broad SMARTS) is 1. The van der Waals surface area contributed by atoms with Gasteiger partial charge in [-0.25, -0.2) is 21.6 Å². The van der Waals surface area contributed by atoms with Crippen LogP contribution in [0.3, 0.4) is 0 Å². The van der Waals surface area contributed by atoms with Gasteiger partial charge in [-0.15, -0.1) is 0 Å². The maximum atomic E-state index is 13.4. The number of unbranched alkanes of at least 4 members (excludes halogenated alkanes) is 1. The summed E-state index contributed by atoms with van der Waals surface area (Å²) in [7, 11) is -8.86. The molecule has 0 fully saturated rings. The van der Waals surface area contributed by atoms with E-state index in [2.05, 4.69) is 9.44 Å². The Morgan fingerprint density at radius 2 is 1.43 bits per heavy atom. The van der Waals surface area contributed by atoms with E-state index < -0.39 is 31.7 Å². The van der Waals surface area contributed by atoms with Crippen LogP contribution in [0.4, 0.5) is 0 Å². The Morgan fingerprint density at radius 1 is 0.829 bits per heavy atom. The monoisotopic (exact) mass is 516 g/mol. The molecule has 0 aliphatic rings. The van der Waals surface area contributed by atoms with Crippen molar-refractivity contribution in [2.45, 2.75) is 41.6 Å². The first kappa shape index (κ1) is 24.9. The molecule has 1 unspecified atom stereocenters. The SMILES string of the molecule is CCCCC(NS(=O)(=O)c1ccccc1)(NS(=O)(=O)c1ccc2oc3ccccc3c2c1)C(=O)O. The van der Waals surface area contributed by atoms with Gasteiger partial charge in [-0.2, -0.15) is 9.44 Å². The fourth-order valence-corrected chi connectivity index (χ4v) is 6.54. The van der Waals surface area contributed by atoms with Crippen molar-refractivity contribution < 1.29 is 31.2 Å². The minimum Gasteiger partial charge on any atom is -0.479 e. The Kier molecular flexibility index (Phi) is 6.69. The quantitative estimate of drug-likeness (QED) is 0.272. The average Bonchev–Trinajstić information content (AvgIpc) is 3.20. The third-order valence-electron chi connectivity index (χ3n) is 5.60. The molecule has 0 radical (unpaired) electrons. The van der Waals surface area contributed by atoms with E-state index in [1.54, 1.807) is 37.3 Å². The molecule has 0 amide bonds. The van der Waals surface area contributed by atoms with Gasteiger partial charge in [-0.05, 0) is 49.2 Å². The zero-order valence-electron chi connectivity index (χ0n) is 18.8. The summed E-state index contributed by atoms with van der Waals surface area (Å²) in [5.41, 5.74) is -1.47. The van der Waals surface area contributed by atoms with Crippen LogP contribution in [-0.4, -0.2) is 33.6 Å². The highest BCUT2D eigenvalue weighted by molar-refractivity contribution is 7.90. The summed E-state index contributed by atoms with van der Waals surface area (Å²) < 4.78 is 62.8. The van der Waals surface area contributed by atoms with Gasteiger partial charge in [0.15, 0.2) is 5.66 Å². The van der Waals surface area contributed by atoms with Gasteiger partial charge in [-0.3, -0.25) is 0 Å². The Hall–Kier alpha value is -3.25. The number of nitrogens with one attached hydrogen (secondary N) is 2. The summed E-state index contributed by atoms with van der Waals surface area (Å²) in [4.78, 5) is 12.0. The van der Waals surface area contributed by atoms with Crippen LogP contribution in [0.5, 0.6) is 0 Å². The predicted octanol–water partition coefficient (Wildman–Crippen LogP) is 3.81. The molecule has 0 bridgehead atoms. The summed E-state index contributed by atoms with van der Waals surface area (Å²) in [6, 6.07) is 18.4. The van der Waals surface area contributed by atoms with Gasteiger partial charge in [0, 0.05) is 10.8 Å². The first-order chi connectivity index (χ1) is 16.6. The molecule has 1 aromatic heterocycles. The van der Waals surface area contributed by atoms with Crippen molar-refractivity contribution in [2.24, 2.45) is 0 Å². The number of sulfonamides is 2. The van der Waals surface area contributed by atoms with Crippen LogP contribution >= 0.6 is 0 Å². The lowest BCUT2D eigenvalue weighted by atomic mass is 10.1. The van der Waals surface area contributed by atoms with Crippen molar-refractivity contribution in [3.8, 4) is 0 Å². The van der Waals surface area contributed by atoms with Crippen LogP contribution in [-0.2, 0) is 24.8 Å². The Balaban J connectivity index is 1.78. The van der Waals surface area contributed by atoms with E-state index in [1.165, 1.54) is 42.5 Å². The zero-order valence-corrected chi connectivity index (χ0v) is 20.4. The van der Waals surface area contributed by atoms with Crippen molar-refractivity contribution in [1.82, 2.24) is 9.44 Å². The number of hydrogen-bond acceptors (Lipinski definition) is 6. The average molecular weight is 517 g/mol. The maximum absolute atomic E-state index is 13.4. The Labute approximate surface area is 202 Å². The Morgan fingerprint density at radius 3 is 2.09 bits per heavy atom. The fourth-order valence-electron chi connectivity index (χ4n) is 3.81. The second-order valence-corrected chi connectivity index (χ2v) is 11.5. The van der Waals surface area contributed by atoms with Crippen LogP contribution in [0.25, 0.3) is 21.9 Å². The van der Waals surface area contributed by atoms with Gasteiger partial charge >= 0.3 is 5.97 Å². The van der Waals surface area contributed by atoms with Crippen LogP contribution in [0.15, 0.2) is 87.0 Å². The normalized spacial score (nSPS) is 14.2. The van der Waals surface area contributed by atoms with E-state index in [9.17, 15) is 26.7 Å². The molecule has 4 aromatic rings. The molecule has 35 heavy (non-hydrogen) atoms. The van der Waals surface area contributed by atoms with Crippen molar-refractivity contribution in [2.75, 3.05) is 0 Å². The largest absolute Gasteiger partial charge is 0.479 e. The number of carboxylic acids is 1. The molecular weight excluding hydrogens is 492 g/mol. The van der Waals surface area contributed by atoms with Gasteiger partial charge in [0.1, 0.15) is 11.2 Å². The van der Waals surface area contributed by atoms with E-state index in [1.807, 2.05) is 0 Å². The number of carbonyl (C=O) groups is 1. The second-order valence-electron chi connectivity index (χ2n) is 8.09. The molecule has 0 saturated carbocycles. The molecule has 1 atom stereocenters. The third kappa shape index (κ3) is 4.94. The highest BCUT2D eigenvalue weighted by Gasteiger charge is 2.45. The molecule has 1 heterocycles. The highest BCUT2D eigenvalue weighted by atomic mass is 32.2. The number of para-hydroxylation sites is 1. The molecule has 11 heteroatoms. The lowest BCUT2D eigenvalue weighted by Gasteiger charge is -2.31. The van der Waals surface area contributed by atoms with Crippen LogP contribution < -0.4 is 9.44 Å². The van der Waals surface area contributed by atoms with Crippen molar-refractivity contribution in [3.05, 3.63) is 72.8 Å². The molecule has 4 rings (SSSR count). The summed E-state index contributed by atoms with van der Waals surface area (Å²) in [5.74, 6) is -1.66. The van der Waals surface area contributed by atoms with Crippen LogP contribution in [0.2, 0.25) is 0 Å². The molecule has 0 spiro atoms. The van der Waals surface area contributed by atoms with Gasteiger partial charge in [0.2, 0.25) is 20.0 Å². The lowest BCUT2D eigenvalue weighted by molar-refractivity contribution is -0.145. The van der Waals surface area contributed by atoms with E-state index in [0.29, 0.717) is 28.4 Å². The first-order valence-electron chi connectivity index (χ1n) is 10.9. The van der Waals surface area contributed by atoms with Crippen molar-refractivity contribution in [3.63, 3.8) is 0 Å². The predicted molar refractivity (Wildman–Crippen MR) is 131 cm³/mol. The number of aliphatic carboxylic acids is 1. The van der Waals surface area contributed by atoms with Crippen molar-refractivity contribution >= 4 is 48.0 Å². The highest BCUT2D eigenvalue weighted by Crippen LogP contribution is 2.31. The molecular formula is C24H24N2O7S2. The fraction of sp³-hybridized carbons (Fsp3) is 0.208. The smallest absolute Gasteiger partial charge is 0.340 e. The van der Waals surface area contributed by atoms with Crippen LogP contribution in [0, 0.1) is 0 Å². The number of benzene rings is 3. The molecule has 0 saturated heterocycles. The van der Waals surface area contributed by atoms with Gasteiger partial charge in [-0.1, -0.05) is 49.7 Å². The van der Waals surface area contributed by atoms with E-state index in [0.717, 1.165) is 0 Å². The van der Waals surface area contributed by atoms with Gasteiger partial charge < -0.3 is 9.52 Å². The van der Waals surface area contributed by atoms with Crippen molar-refractivity contribution in [1.29, 1.82) is 0 Å². The topological polar surface area (TPSA) is 143 Å².